The second-order valence-electron chi connectivity index (χ2n) is 3.65. The minimum atomic E-state index is -0.435. The van der Waals surface area contributed by atoms with Gasteiger partial charge >= 0.3 is 6.03 Å². The summed E-state index contributed by atoms with van der Waals surface area (Å²) in [5.74, 6) is 0.0400. The highest BCUT2D eigenvalue weighted by Gasteiger charge is 2.07. The zero-order valence-electron chi connectivity index (χ0n) is 9.51. The quantitative estimate of drug-likeness (QED) is 0.731. The van der Waals surface area contributed by atoms with E-state index >= 15 is 0 Å². The summed E-state index contributed by atoms with van der Waals surface area (Å²) in [5.41, 5.74) is 0.987. The number of halogens is 1. The summed E-state index contributed by atoms with van der Waals surface area (Å²) in [6.07, 6.45) is 3.19. The van der Waals surface area contributed by atoms with E-state index in [1.165, 1.54) is 24.4 Å². The highest BCUT2D eigenvalue weighted by molar-refractivity contribution is 6.34. The first-order chi connectivity index (χ1) is 8.54. The van der Waals surface area contributed by atoms with Gasteiger partial charge in [-0.2, -0.15) is 5.10 Å². The number of rotatable bonds is 2. The van der Waals surface area contributed by atoms with E-state index in [0.29, 0.717) is 11.4 Å². The second kappa shape index (κ2) is 4.97. The molecule has 0 bridgehead atoms. The molecule has 0 aliphatic carbocycles. The summed E-state index contributed by atoms with van der Waals surface area (Å²) in [4.78, 5) is 11.6. The van der Waals surface area contributed by atoms with Crippen molar-refractivity contribution in [3.8, 4) is 5.75 Å². The molecular weight excluding hydrogens is 256 g/mol. The number of anilines is 2. The lowest BCUT2D eigenvalue weighted by atomic mass is 10.3. The van der Waals surface area contributed by atoms with Gasteiger partial charge in [0.1, 0.15) is 5.75 Å². The summed E-state index contributed by atoms with van der Waals surface area (Å²) in [6.45, 7) is 0. The highest BCUT2D eigenvalue weighted by Crippen LogP contribution is 2.25. The number of hydrogen-bond donors (Lipinski definition) is 3. The van der Waals surface area contributed by atoms with E-state index in [4.69, 9.17) is 11.6 Å². The molecule has 0 aliphatic rings. The number of urea groups is 1. The van der Waals surface area contributed by atoms with Gasteiger partial charge in [-0.05, 0) is 12.1 Å². The van der Waals surface area contributed by atoms with Crippen LogP contribution in [0, 0.1) is 0 Å². The van der Waals surface area contributed by atoms with E-state index in [-0.39, 0.29) is 10.8 Å². The lowest BCUT2D eigenvalue weighted by Gasteiger charge is -2.07. The van der Waals surface area contributed by atoms with Crippen molar-refractivity contribution < 1.29 is 9.90 Å². The topological polar surface area (TPSA) is 79.2 Å². The van der Waals surface area contributed by atoms with E-state index < -0.39 is 6.03 Å². The van der Waals surface area contributed by atoms with Crippen LogP contribution in [0.3, 0.4) is 0 Å². The Morgan fingerprint density at radius 2 is 2.22 bits per heavy atom. The third-order valence-corrected chi connectivity index (χ3v) is 2.48. The molecule has 1 aromatic heterocycles. The fourth-order valence-electron chi connectivity index (χ4n) is 1.38. The average molecular weight is 267 g/mol. The number of phenols is 1. The number of nitrogens with zero attached hydrogens (tertiary/aromatic N) is 2. The molecular formula is C11H11ClN4O2. The van der Waals surface area contributed by atoms with E-state index in [0.717, 1.165) is 0 Å². The number of nitrogens with one attached hydrogen (secondary N) is 2. The van der Waals surface area contributed by atoms with Crippen molar-refractivity contribution in [3.63, 3.8) is 0 Å². The van der Waals surface area contributed by atoms with Crippen LogP contribution in [0.4, 0.5) is 16.2 Å². The fourth-order valence-corrected chi connectivity index (χ4v) is 1.60. The van der Waals surface area contributed by atoms with Gasteiger partial charge in [-0.3, -0.25) is 4.68 Å². The van der Waals surface area contributed by atoms with Gasteiger partial charge in [0, 0.05) is 19.3 Å². The predicted molar refractivity (Wildman–Crippen MR) is 69.0 cm³/mol. The maximum Gasteiger partial charge on any atom is 0.323 e. The Labute approximate surface area is 108 Å². The van der Waals surface area contributed by atoms with Crippen molar-refractivity contribution in [3.05, 3.63) is 35.6 Å². The molecule has 0 fully saturated rings. The standard InChI is InChI=1S/C11H11ClN4O2/c1-16-6-7(5-13-16)14-11(18)15-10-3-2-8(17)4-9(10)12/h2-6,17H,1H3,(H2,14,15,18). The number of carbonyl (C=O) groups excluding carboxylic acids is 1. The van der Waals surface area contributed by atoms with Gasteiger partial charge in [-0.15, -0.1) is 0 Å². The molecule has 0 saturated heterocycles. The average Bonchev–Trinajstić information content (AvgIpc) is 2.68. The number of carbonyl (C=O) groups is 1. The Bertz CT molecular complexity index is 582. The number of aryl methyl sites for hydroxylation is 1. The minimum Gasteiger partial charge on any atom is -0.508 e. The summed E-state index contributed by atoms with van der Waals surface area (Å²) in [6, 6.07) is 3.86. The number of hydrogen-bond acceptors (Lipinski definition) is 3. The highest BCUT2D eigenvalue weighted by atomic mass is 35.5. The Hall–Kier alpha value is -2.21. The van der Waals surface area contributed by atoms with Gasteiger partial charge in [0.2, 0.25) is 0 Å². The van der Waals surface area contributed by atoms with Crippen LogP contribution in [-0.4, -0.2) is 20.9 Å². The molecule has 94 valence electrons. The third-order valence-electron chi connectivity index (χ3n) is 2.16. The van der Waals surface area contributed by atoms with Crippen LogP contribution in [-0.2, 0) is 7.05 Å². The molecule has 0 radical (unpaired) electrons. The van der Waals surface area contributed by atoms with Crippen LogP contribution in [0.15, 0.2) is 30.6 Å². The Morgan fingerprint density at radius 1 is 1.44 bits per heavy atom. The number of benzene rings is 1. The van der Waals surface area contributed by atoms with Crippen molar-refractivity contribution in [2.75, 3.05) is 10.6 Å². The molecule has 2 amide bonds. The van der Waals surface area contributed by atoms with Crippen molar-refractivity contribution in [1.82, 2.24) is 9.78 Å². The van der Waals surface area contributed by atoms with E-state index in [1.807, 2.05) is 0 Å². The lowest BCUT2D eigenvalue weighted by molar-refractivity contribution is 0.262. The SMILES string of the molecule is Cn1cc(NC(=O)Nc2ccc(O)cc2Cl)cn1. The first-order valence-electron chi connectivity index (χ1n) is 5.10. The zero-order valence-corrected chi connectivity index (χ0v) is 10.3. The molecule has 6 nitrogen and oxygen atoms in total. The summed E-state index contributed by atoms with van der Waals surface area (Å²) < 4.78 is 1.57. The second-order valence-corrected chi connectivity index (χ2v) is 4.05. The Kier molecular flexibility index (Phi) is 3.38. The molecule has 2 rings (SSSR count). The molecule has 0 unspecified atom stereocenters. The summed E-state index contributed by atoms with van der Waals surface area (Å²) in [5, 5.41) is 18.5. The monoisotopic (exact) mass is 266 g/mol. The van der Waals surface area contributed by atoms with Crippen molar-refractivity contribution in [2.24, 2.45) is 7.05 Å². The minimum absolute atomic E-state index is 0.0400. The zero-order chi connectivity index (χ0) is 13.1. The van der Waals surface area contributed by atoms with Crippen molar-refractivity contribution >= 4 is 29.0 Å². The van der Waals surface area contributed by atoms with Gasteiger partial charge < -0.3 is 15.7 Å². The summed E-state index contributed by atoms with van der Waals surface area (Å²) in [7, 11) is 1.75. The maximum absolute atomic E-state index is 11.6. The molecule has 2 aromatic rings. The maximum atomic E-state index is 11.6. The van der Waals surface area contributed by atoms with Gasteiger partial charge in [-0.25, -0.2) is 4.79 Å². The Balaban J connectivity index is 2.03. The summed E-state index contributed by atoms with van der Waals surface area (Å²) >= 11 is 5.86. The fraction of sp³-hybridized carbons (Fsp3) is 0.0909. The number of aromatic nitrogens is 2. The normalized spacial score (nSPS) is 10.1. The third kappa shape index (κ3) is 2.92. The molecule has 0 aliphatic heterocycles. The predicted octanol–water partition coefficient (Wildman–Crippen LogP) is 2.42. The van der Waals surface area contributed by atoms with Crippen molar-refractivity contribution in [2.45, 2.75) is 0 Å². The number of amides is 2. The molecule has 3 N–H and O–H groups in total. The molecule has 7 heteroatoms. The van der Waals surface area contributed by atoms with Crippen LogP contribution in [0.2, 0.25) is 5.02 Å². The largest absolute Gasteiger partial charge is 0.508 e. The molecule has 18 heavy (non-hydrogen) atoms. The lowest BCUT2D eigenvalue weighted by Crippen LogP contribution is -2.19. The van der Waals surface area contributed by atoms with Gasteiger partial charge in [0.05, 0.1) is 22.6 Å². The molecule has 0 saturated carbocycles. The smallest absolute Gasteiger partial charge is 0.323 e. The van der Waals surface area contributed by atoms with E-state index in [9.17, 15) is 9.90 Å². The van der Waals surface area contributed by atoms with Crippen molar-refractivity contribution in [1.29, 1.82) is 0 Å². The number of aromatic hydroxyl groups is 1. The number of phenolic OH excluding ortho intramolecular Hbond substituents is 1. The van der Waals surface area contributed by atoms with E-state index in [1.54, 1.807) is 17.9 Å². The molecule has 1 aromatic carbocycles. The van der Waals surface area contributed by atoms with E-state index in [2.05, 4.69) is 15.7 Å². The molecule has 0 atom stereocenters. The molecule has 1 heterocycles. The van der Waals surface area contributed by atoms with Gasteiger partial charge in [0.25, 0.3) is 0 Å². The van der Waals surface area contributed by atoms with Crippen LogP contribution in [0.1, 0.15) is 0 Å². The molecule has 0 spiro atoms. The van der Waals surface area contributed by atoms with Crippen LogP contribution in [0.25, 0.3) is 0 Å². The first kappa shape index (κ1) is 12.3. The van der Waals surface area contributed by atoms with Crippen LogP contribution in [0.5, 0.6) is 5.75 Å². The Morgan fingerprint density at radius 3 is 2.83 bits per heavy atom. The van der Waals surface area contributed by atoms with Gasteiger partial charge in [-0.1, -0.05) is 11.6 Å². The first-order valence-corrected chi connectivity index (χ1v) is 5.47. The van der Waals surface area contributed by atoms with Gasteiger partial charge in [0.15, 0.2) is 0 Å². The van der Waals surface area contributed by atoms with Crippen LogP contribution < -0.4 is 10.6 Å². The van der Waals surface area contributed by atoms with Crippen LogP contribution >= 0.6 is 11.6 Å².